The summed E-state index contributed by atoms with van der Waals surface area (Å²) in [6.45, 7) is 10.6. The van der Waals surface area contributed by atoms with Gasteiger partial charge in [-0.2, -0.15) is 0 Å². The lowest BCUT2D eigenvalue weighted by Crippen LogP contribution is -2.41. The summed E-state index contributed by atoms with van der Waals surface area (Å²) in [6.07, 6.45) is 3.21. The molecule has 142 valence electrons. The number of aryl methyl sites for hydroxylation is 1. The van der Waals surface area contributed by atoms with Crippen LogP contribution < -0.4 is 0 Å². The van der Waals surface area contributed by atoms with Crippen molar-refractivity contribution in [3.8, 4) is 0 Å². The Morgan fingerprint density at radius 2 is 1.96 bits per heavy atom. The van der Waals surface area contributed by atoms with E-state index < -0.39 is 0 Å². The Morgan fingerprint density at radius 1 is 1.28 bits per heavy atom. The molecule has 5 nitrogen and oxygen atoms in total. The van der Waals surface area contributed by atoms with Gasteiger partial charge in [0.2, 0.25) is 5.91 Å². The lowest BCUT2D eigenvalue weighted by Gasteiger charge is -2.32. The van der Waals surface area contributed by atoms with Gasteiger partial charge in [-0.3, -0.25) is 4.79 Å². The summed E-state index contributed by atoms with van der Waals surface area (Å²) in [6, 6.07) is 0.173. The number of ether oxygens (including phenoxy) is 1. The van der Waals surface area contributed by atoms with Crippen LogP contribution in [-0.2, 0) is 16.0 Å². The number of carbonyl (C=O) groups excluding carboxylic acids is 2. The normalized spacial score (nSPS) is 13.6. The maximum Gasteiger partial charge on any atom is 0.357 e. The molecule has 0 unspecified atom stereocenters. The third-order valence-electron chi connectivity index (χ3n) is 4.57. The Labute approximate surface area is 155 Å². The zero-order chi connectivity index (χ0) is 19.0. The number of thiazole rings is 1. The van der Waals surface area contributed by atoms with Gasteiger partial charge in [0.15, 0.2) is 5.69 Å². The van der Waals surface area contributed by atoms with E-state index in [2.05, 4.69) is 32.7 Å². The molecule has 0 fully saturated rings. The molecule has 0 spiro atoms. The van der Waals surface area contributed by atoms with Crippen molar-refractivity contribution >= 4 is 23.2 Å². The van der Waals surface area contributed by atoms with Gasteiger partial charge in [0.25, 0.3) is 0 Å². The van der Waals surface area contributed by atoms with Crippen LogP contribution in [-0.4, -0.2) is 41.5 Å². The predicted molar refractivity (Wildman–Crippen MR) is 102 cm³/mol. The maximum absolute atomic E-state index is 12.5. The van der Waals surface area contributed by atoms with E-state index in [0.717, 1.165) is 24.3 Å². The largest absolute Gasteiger partial charge is 0.461 e. The zero-order valence-corrected chi connectivity index (χ0v) is 17.2. The Morgan fingerprint density at radius 3 is 2.52 bits per heavy atom. The number of aromatic nitrogens is 1. The Balaban J connectivity index is 2.66. The van der Waals surface area contributed by atoms with Crippen LogP contribution in [0.2, 0.25) is 0 Å². The van der Waals surface area contributed by atoms with E-state index in [0.29, 0.717) is 30.6 Å². The van der Waals surface area contributed by atoms with Gasteiger partial charge in [-0.1, -0.05) is 34.1 Å². The van der Waals surface area contributed by atoms with Crippen LogP contribution in [0.3, 0.4) is 0 Å². The van der Waals surface area contributed by atoms with Gasteiger partial charge in [-0.05, 0) is 25.2 Å². The average Bonchev–Trinajstić information content (AvgIpc) is 3.03. The third kappa shape index (κ3) is 6.77. The molecule has 0 radical (unpaired) electrons. The molecule has 1 amide bonds. The first kappa shape index (κ1) is 21.6. The molecule has 0 aliphatic carbocycles. The molecule has 1 heterocycles. The van der Waals surface area contributed by atoms with Crippen LogP contribution in [0.15, 0.2) is 5.38 Å². The van der Waals surface area contributed by atoms with Crippen molar-refractivity contribution in [3.05, 3.63) is 16.1 Å². The van der Waals surface area contributed by atoms with Crippen molar-refractivity contribution in [2.45, 2.75) is 66.3 Å². The summed E-state index contributed by atoms with van der Waals surface area (Å²) in [4.78, 5) is 30.5. The van der Waals surface area contributed by atoms with E-state index in [1.54, 1.807) is 12.3 Å². The summed E-state index contributed by atoms with van der Waals surface area (Å²) >= 11 is 1.48. The van der Waals surface area contributed by atoms with Gasteiger partial charge in [0, 0.05) is 31.3 Å². The van der Waals surface area contributed by atoms with Crippen molar-refractivity contribution in [2.75, 3.05) is 13.7 Å². The minimum absolute atomic E-state index is 0.173. The third-order valence-corrected chi connectivity index (χ3v) is 5.48. The number of nitrogens with zero attached hydrogens (tertiary/aromatic N) is 2. The van der Waals surface area contributed by atoms with Crippen molar-refractivity contribution in [3.63, 3.8) is 0 Å². The highest BCUT2D eigenvalue weighted by Gasteiger charge is 2.24. The standard InChI is InChI=1S/C19H32N2O3S/c1-7-14(5)11-18(22)21(6)16(13(3)4)9-10-17-20-15(12-25-17)19(23)24-8-2/h12-14,16H,7-11H2,1-6H3/t14-,16+/m0/s1. The first-order valence-corrected chi connectivity index (χ1v) is 10.0. The fourth-order valence-corrected chi connectivity index (χ4v) is 3.52. The minimum Gasteiger partial charge on any atom is -0.461 e. The van der Waals surface area contributed by atoms with E-state index in [-0.39, 0.29) is 17.9 Å². The van der Waals surface area contributed by atoms with Gasteiger partial charge in [-0.25, -0.2) is 9.78 Å². The predicted octanol–water partition coefficient (Wildman–Crippen LogP) is 4.17. The number of carbonyl (C=O) groups is 2. The van der Waals surface area contributed by atoms with Gasteiger partial charge >= 0.3 is 5.97 Å². The van der Waals surface area contributed by atoms with Crippen LogP contribution in [0.5, 0.6) is 0 Å². The second kappa shape index (κ2) is 10.5. The van der Waals surface area contributed by atoms with E-state index in [1.807, 2.05) is 11.9 Å². The van der Waals surface area contributed by atoms with Crippen LogP contribution in [0.4, 0.5) is 0 Å². The number of hydrogen-bond donors (Lipinski definition) is 0. The summed E-state index contributed by atoms with van der Waals surface area (Å²) in [7, 11) is 1.90. The first-order chi connectivity index (χ1) is 11.8. The van der Waals surface area contributed by atoms with Gasteiger partial charge in [0.05, 0.1) is 11.6 Å². The van der Waals surface area contributed by atoms with Crippen molar-refractivity contribution in [2.24, 2.45) is 11.8 Å². The monoisotopic (exact) mass is 368 g/mol. The highest BCUT2D eigenvalue weighted by molar-refractivity contribution is 7.09. The Kier molecular flexibility index (Phi) is 9.11. The number of hydrogen-bond acceptors (Lipinski definition) is 5. The Bertz CT molecular complexity index is 557. The molecule has 0 aromatic carbocycles. The molecule has 0 aliphatic heterocycles. The second-order valence-corrected chi connectivity index (χ2v) is 7.86. The van der Waals surface area contributed by atoms with Crippen LogP contribution in [0.25, 0.3) is 0 Å². The zero-order valence-electron chi connectivity index (χ0n) is 16.4. The lowest BCUT2D eigenvalue weighted by molar-refractivity contribution is -0.133. The van der Waals surface area contributed by atoms with E-state index >= 15 is 0 Å². The van der Waals surface area contributed by atoms with Gasteiger partial charge in [-0.15, -0.1) is 11.3 Å². The average molecular weight is 369 g/mol. The molecule has 0 saturated carbocycles. The SMILES string of the molecule is CCOC(=O)c1csc(CC[C@H](C(C)C)N(C)C(=O)C[C@@H](C)CC)n1. The van der Waals surface area contributed by atoms with Crippen molar-refractivity contribution in [1.29, 1.82) is 0 Å². The molecule has 25 heavy (non-hydrogen) atoms. The summed E-state index contributed by atoms with van der Waals surface area (Å²) < 4.78 is 4.97. The molecule has 2 atom stereocenters. The molecular weight excluding hydrogens is 336 g/mol. The fraction of sp³-hybridized carbons (Fsp3) is 0.737. The van der Waals surface area contributed by atoms with E-state index in [9.17, 15) is 9.59 Å². The van der Waals surface area contributed by atoms with Crippen molar-refractivity contribution in [1.82, 2.24) is 9.88 Å². The minimum atomic E-state index is -0.369. The fourth-order valence-electron chi connectivity index (χ4n) is 2.74. The molecule has 0 aliphatic rings. The van der Waals surface area contributed by atoms with E-state index in [1.165, 1.54) is 11.3 Å². The molecule has 0 N–H and O–H groups in total. The molecular formula is C19H32N2O3S. The van der Waals surface area contributed by atoms with E-state index in [4.69, 9.17) is 4.74 Å². The highest BCUT2D eigenvalue weighted by Crippen LogP contribution is 2.21. The number of esters is 1. The van der Waals surface area contributed by atoms with Crippen LogP contribution in [0, 0.1) is 11.8 Å². The number of rotatable bonds is 10. The lowest BCUT2D eigenvalue weighted by atomic mass is 9.96. The molecule has 0 bridgehead atoms. The molecule has 6 heteroatoms. The quantitative estimate of drug-likeness (QED) is 0.582. The number of amides is 1. The molecule has 1 aromatic rings. The molecule has 1 rings (SSSR count). The summed E-state index contributed by atoms with van der Waals surface area (Å²) in [5, 5.41) is 2.66. The first-order valence-electron chi connectivity index (χ1n) is 9.17. The van der Waals surface area contributed by atoms with Crippen molar-refractivity contribution < 1.29 is 14.3 Å². The summed E-state index contributed by atoms with van der Waals surface area (Å²) in [5.41, 5.74) is 0.379. The smallest absolute Gasteiger partial charge is 0.357 e. The maximum atomic E-state index is 12.5. The Hall–Kier alpha value is -1.43. The van der Waals surface area contributed by atoms with Crippen LogP contribution >= 0.6 is 11.3 Å². The molecule has 0 saturated heterocycles. The summed E-state index contributed by atoms with van der Waals surface area (Å²) in [5.74, 6) is 0.620. The topological polar surface area (TPSA) is 59.5 Å². The second-order valence-electron chi connectivity index (χ2n) is 6.92. The molecule has 1 aromatic heterocycles. The van der Waals surface area contributed by atoms with Crippen LogP contribution in [0.1, 0.15) is 69.4 Å². The van der Waals surface area contributed by atoms with Gasteiger partial charge < -0.3 is 9.64 Å². The highest BCUT2D eigenvalue weighted by atomic mass is 32.1. The van der Waals surface area contributed by atoms with Gasteiger partial charge in [0.1, 0.15) is 0 Å².